The minimum Gasteiger partial charge on any atom is -0.325 e. The minimum absolute atomic E-state index is 1.25. The lowest BCUT2D eigenvalue weighted by atomic mass is 9.96. The van der Waals surface area contributed by atoms with Crippen LogP contribution in [0.4, 0.5) is 0 Å². The molecule has 2 heteroatoms. The summed E-state index contributed by atoms with van der Waals surface area (Å²) in [6.07, 6.45) is 2.51. The second kappa shape index (κ2) is 4.17. The zero-order valence-corrected chi connectivity index (χ0v) is 11.7. The van der Waals surface area contributed by atoms with Crippen LogP contribution in [0.1, 0.15) is 24.0 Å². The molecule has 1 fully saturated rings. The molecule has 1 N–H and O–H groups in total. The molecule has 0 radical (unpaired) electrons. The van der Waals surface area contributed by atoms with Crippen molar-refractivity contribution >= 4 is 17.6 Å². The zero-order valence-electron chi connectivity index (χ0n) is 10.9. The van der Waals surface area contributed by atoms with Gasteiger partial charge in [-0.2, -0.15) is 0 Å². The number of hydrogen-bond donors (Lipinski definition) is 1. The van der Waals surface area contributed by atoms with Gasteiger partial charge in [0.1, 0.15) is 0 Å². The SMILES string of the molecule is Cc1ccc(-c2cccc3c2C(=C2CC2)NS3)cc1. The van der Waals surface area contributed by atoms with Crippen molar-refractivity contribution in [2.24, 2.45) is 0 Å². The fraction of sp³-hybridized carbons (Fsp3) is 0.176. The van der Waals surface area contributed by atoms with Crippen molar-refractivity contribution in [3.05, 3.63) is 59.2 Å². The molecule has 0 bridgehead atoms. The van der Waals surface area contributed by atoms with Crippen molar-refractivity contribution in [3.8, 4) is 11.1 Å². The molecule has 1 heterocycles. The normalized spacial score (nSPS) is 16.3. The molecule has 0 unspecified atom stereocenters. The molecule has 4 rings (SSSR count). The van der Waals surface area contributed by atoms with E-state index in [9.17, 15) is 0 Å². The van der Waals surface area contributed by atoms with Crippen LogP contribution in [0.25, 0.3) is 16.8 Å². The highest BCUT2D eigenvalue weighted by Crippen LogP contribution is 2.46. The number of aryl methyl sites for hydroxylation is 1. The summed E-state index contributed by atoms with van der Waals surface area (Å²) in [7, 11) is 0. The molecule has 0 saturated heterocycles. The third-order valence-electron chi connectivity index (χ3n) is 3.76. The van der Waals surface area contributed by atoms with Crippen LogP contribution >= 0.6 is 11.9 Å². The quantitative estimate of drug-likeness (QED) is 0.745. The summed E-state index contributed by atoms with van der Waals surface area (Å²) >= 11 is 1.75. The van der Waals surface area contributed by atoms with E-state index >= 15 is 0 Å². The van der Waals surface area contributed by atoms with Crippen molar-refractivity contribution in [2.75, 3.05) is 0 Å². The molecule has 1 aliphatic carbocycles. The average Bonchev–Trinajstić information content (AvgIpc) is 3.19. The topological polar surface area (TPSA) is 12.0 Å². The number of fused-ring (bicyclic) bond motifs is 1. The molecule has 1 nitrogen and oxygen atoms in total. The van der Waals surface area contributed by atoms with Gasteiger partial charge in [-0.1, -0.05) is 42.0 Å². The molecule has 0 atom stereocenters. The van der Waals surface area contributed by atoms with Crippen LogP contribution in [0.5, 0.6) is 0 Å². The lowest BCUT2D eigenvalue weighted by Crippen LogP contribution is -1.95. The largest absolute Gasteiger partial charge is 0.325 e. The Balaban J connectivity index is 1.92. The Bertz CT molecular complexity index is 677. The van der Waals surface area contributed by atoms with Crippen molar-refractivity contribution in [1.29, 1.82) is 0 Å². The predicted octanol–water partition coefficient (Wildman–Crippen LogP) is 4.78. The maximum Gasteiger partial charge on any atom is 0.0526 e. The van der Waals surface area contributed by atoms with Gasteiger partial charge in [0.05, 0.1) is 5.70 Å². The fourth-order valence-corrected chi connectivity index (χ4v) is 3.49. The highest BCUT2D eigenvalue weighted by atomic mass is 32.2. The Morgan fingerprint density at radius 1 is 1.00 bits per heavy atom. The maximum absolute atomic E-state index is 3.50. The first kappa shape index (κ1) is 11.2. The number of hydrogen-bond acceptors (Lipinski definition) is 2. The molecule has 2 aliphatic rings. The summed E-state index contributed by atoms with van der Waals surface area (Å²) in [5, 5.41) is 0. The maximum atomic E-state index is 3.50. The van der Waals surface area contributed by atoms with Crippen molar-refractivity contribution in [1.82, 2.24) is 4.72 Å². The van der Waals surface area contributed by atoms with Gasteiger partial charge in [-0.25, -0.2) is 0 Å². The van der Waals surface area contributed by atoms with Crippen LogP contribution in [0.3, 0.4) is 0 Å². The van der Waals surface area contributed by atoms with Gasteiger partial charge >= 0.3 is 0 Å². The van der Waals surface area contributed by atoms with Crippen LogP contribution in [0, 0.1) is 6.92 Å². The van der Waals surface area contributed by atoms with Crippen LogP contribution < -0.4 is 4.72 Å². The predicted molar refractivity (Wildman–Crippen MR) is 81.8 cm³/mol. The number of benzene rings is 2. The van der Waals surface area contributed by atoms with Gasteiger partial charge in [0.15, 0.2) is 0 Å². The first-order chi connectivity index (χ1) is 9.33. The second-order valence-electron chi connectivity index (χ2n) is 5.23. The number of rotatable bonds is 1. The van der Waals surface area contributed by atoms with E-state index in [1.54, 1.807) is 17.5 Å². The number of nitrogens with one attached hydrogen (secondary N) is 1. The van der Waals surface area contributed by atoms with E-state index in [1.807, 2.05) is 0 Å². The Labute approximate surface area is 117 Å². The monoisotopic (exact) mass is 265 g/mol. The molecular weight excluding hydrogens is 250 g/mol. The highest BCUT2D eigenvalue weighted by Gasteiger charge is 2.27. The lowest BCUT2D eigenvalue weighted by molar-refractivity contribution is 1.38. The van der Waals surface area contributed by atoms with E-state index in [0.29, 0.717) is 0 Å². The van der Waals surface area contributed by atoms with E-state index in [4.69, 9.17) is 0 Å². The summed E-state index contributed by atoms with van der Waals surface area (Å²) in [6.45, 7) is 2.13. The first-order valence-corrected chi connectivity index (χ1v) is 7.50. The van der Waals surface area contributed by atoms with Gasteiger partial charge < -0.3 is 4.72 Å². The van der Waals surface area contributed by atoms with Gasteiger partial charge in [0, 0.05) is 10.5 Å². The molecule has 1 saturated carbocycles. The molecule has 19 heavy (non-hydrogen) atoms. The van der Waals surface area contributed by atoms with E-state index < -0.39 is 0 Å². The third kappa shape index (κ3) is 1.87. The molecule has 94 valence electrons. The van der Waals surface area contributed by atoms with Gasteiger partial charge in [-0.3, -0.25) is 0 Å². The Morgan fingerprint density at radius 3 is 2.53 bits per heavy atom. The molecule has 0 spiro atoms. The van der Waals surface area contributed by atoms with Crippen molar-refractivity contribution in [3.63, 3.8) is 0 Å². The van der Waals surface area contributed by atoms with E-state index in [-0.39, 0.29) is 0 Å². The van der Waals surface area contributed by atoms with Crippen molar-refractivity contribution < 1.29 is 0 Å². The molecule has 2 aromatic carbocycles. The molecule has 1 aliphatic heterocycles. The zero-order chi connectivity index (χ0) is 12.8. The van der Waals surface area contributed by atoms with Crippen molar-refractivity contribution in [2.45, 2.75) is 24.7 Å². The van der Waals surface area contributed by atoms with Crippen LogP contribution in [0.15, 0.2) is 52.9 Å². The Morgan fingerprint density at radius 2 is 1.79 bits per heavy atom. The Kier molecular flexibility index (Phi) is 2.46. The molecular formula is C17H15NS. The van der Waals surface area contributed by atoms with Crippen LogP contribution in [0.2, 0.25) is 0 Å². The summed E-state index contributed by atoms with van der Waals surface area (Å²) < 4.78 is 3.50. The highest BCUT2D eigenvalue weighted by molar-refractivity contribution is 7.98. The van der Waals surface area contributed by atoms with E-state index in [0.717, 1.165) is 0 Å². The molecule has 2 aromatic rings. The standard InChI is InChI=1S/C17H15NS/c1-11-5-7-12(8-6-11)14-3-2-4-15-16(14)17(18-19-15)13-9-10-13/h2-8,18H,9-10H2,1H3. The summed E-state index contributed by atoms with van der Waals surface area (Å²) in [6, 6.07) is 15.4. The third-order valence-corrected chi connectivity index (χ3v) is 4.62. The van der Waals surface area contributed by atoms with E-state index in [1.165, 1.54) is 45.7 Å². The Hall–Kier alpha value is -1.67. The summed E-state index contributed by atoms with van der Waals surface area (Å²) in [5.41, 5.74) is 8.32. The first-order valence-electron chi connectivity index (χ1n) is 6.68. The smallest absolute Gasteiger partial charge is 0.0526 e. The van der Waals surface area contributed by atoms with Crippen LogP contribution in [-0.2, 0) is 0 Å². The van der Waals surface area contributed by atoms with Gasteiger partial charge in [0.2, 0.25) is 0 Å². The molecule has 0 amide bonds. The minimum atomic E-state index is 1.25. The van der Waals surface area contributed by atoms with Gasteiger partial charge in [0.25, 0.3) is 0 Å². The average molecular weight is 265 g/mol. The number of allylic oxidation sites excluding steroid dienone is 1. The second-order valence-corrected chi connectivity index (χ2v) is 6.08. The summed E-state index contributed by atoms with van der Waals surface area (Å²) in [4.78, 5) is 1.35. The van der Waals surface area contributed by atoms with E-state index in [2.05, 4.69) is 54.1 Å². The fourth-order valence-electron chi connectivity index (χ4n) is 2.57. The lowest BCUT2D eigenvalue weighted by Gasteiger charge is -2.09. The molecule has 0 aromatic heterocycles. The van der Waals surface area contributed by atoms with Crippen LogP contribution in [-0.4, -0.2) is 0 Å². The summed E-state index contributed by atoms with van der Waals surface area (Å²) in [5.74, 6) is 0. The van der Waals surface area contributed by atoms with Gasteiger partial charge in [-0.15, -0.1) is 0 Å². The van der Waals surface area contributed by atoms with Gasteiger partial charge in [-0.05, 0) is 54.5 Å².